The first-order valence-corrected chi connectivity index (χ1v) is 8.39. The van der Waals surface area contributed by atoms with Gasteiger partial charge in [0.25, 0.3) is 5.91 Å². The summed E-state index contributed by atoms with van der Waals surface area (Å²) in [6.07, 6.45) is 2.42. The van der Waals surface area contributed by atoms with Crippen LogP contribution >= 0.6 is 22.9 Å². The number of aromatic nitrogens is 2. The average molecular weight is 345 g/mol. The van der Waals surface area contributed by atoms with Crippen LogP contribution in [-0.4, -0.2) is 27.3 Å². The van der Waals surface area contributed by atoms with Crippen molar-refractivity contribution in [2.24, 2.45) is 0 Å². The fourth-order valence-electron chi connectivity index (χ4n) is 2.76. The van der Waals surface area contributed by atoms with Crippen molar-refractivity contribution in [2.75, 3.05) is 12.3 Å². The monoisotopic (exact) mass is 344 g/mol. The number of halogens is 1. The van der Waals surface area contributed by atoms with Gasteiger partial charge < -0.3 is 10.6 Å². The zero-order valence-corrected chi connectivity index (χ0v) is 13.7. The number of nitrogens with two attached hydrogens (primary N) is 1. The van der Waals surface area contributed by atoms with Crippen molar-refractivity contribution in [1.82, 2.24) is 14.9 Å². The van der Waals surface area contributed by atoms with Crippen molar-refractivity contribution in [1.29, 1.82) is 0 Å². The van der Waals surface area contributed by atoms with Crippen molar-refractivity contribution in [3.63, 3.8) is 0 Å². The highest BCUT2D eigenvalue weighted by molar-refractivity contribution is 7.20. The highest BCUT2D eigenvalue weighted by Gasteiger charge is 2.26. The zero-order chi connectivity index (χ0) is 16.0. The average Bonchev–Trinajstić information content (AvgIpc) is 2.97. The summed E-state index contributed by atoms with van der Waals surface area (Å²) >= 11 is 7.36. The molecule has 0 atom stereocenters. The number of carbonyl (C=O) groups is 1. The number of rotatable bonds is 1. The molecule has 0 aliphatic carbocycles. The topological polar surface area (TPSA) is 72.1 Å². The molecule has 1 aromatic carbocycles. The molecular formula is C16H13ClN4OS. The Kier molecular flexibility index (Phi) is 3.43. The summed E-state index contributed by atoms with van der Waals surface area (Å²) < 4.78 is 0.955. The molecule has 5 nitrogen and oxygen atoms in total. The number of hydrogen-bond acceptors (Lipinski definition) is 5. The summed E-state index contributed by atoms with van der Waals surface area (Å²) in [5, 5.41) is 1.10. The van der Waals surface area contributed by atoms with Gasteiger partial charge in [-0.1, -0.05) is 11.6 Å². The van der Waals surface area contributed by atoms with Crippen LogP contribution in [-0.2, 0) is 13.0 Å². The van der Waals surface area contributed by atoms with Gasteiger partial charge in [0.2, 0.25) is 0 Å². The Bertz CT molecular complexity index is 924. The van der Waals surface area contributed by atoms with E-state index < -0.39 is 0 Å². The minimum atomic E-state index is -0.0729. The second-order valence-corrected chi connectivity index (χ2v) is 6.90. The summed E-state index contributed by atoms with van der Waals surface area (Å²) in [4.78, 5) is 23.3. The molecule has 1 amide bonds. The lowest BCUT2D eigenvalue weighted by Gasteiger charge is -2.28. The van der Waals surface area contributed by atoms with Crippen molar-refractivity contribution in [3.05, 3.63) is 51.7 Å². The van der Waals surface area contributed by atoms with E-state index in [1.807, 2.05) is 6.07 Å². The van der Waals surface area contributed by atoms with Crippen molar-refractivity contribution in [2.45, 2.75) is 13.0 Å². The molecule has 2 N–H and O–H groups in total. The molecule has 0 saturated carbocycles. The number of hydrogen-bond donors (Lipinski definition) is 1. The third-order valence-corrected chi connectivity index (χ3v) is 5.23. The van der Waals surface area contributed by atoms with Crippen LogP contribution in [0.5, 0.6) is 0 Å². The first kappa shape index (κ1) is 14.4. The molecule has 0 spiro atoms. The van der Waals surface area contributed by atoms with Gasteiger partial charge in [0.1, 0.15) is 0 Å². The number of nitrogens with zero attached hydrogens (tertiary/aromatic N) is 3. The molecule has 3 aromatic rings. The normalized spacial score (nSPS) is 14.0. The van der Waals surface area contributed by atoms with Crippen LogP contribution < -0.4 is 5.73 Å². The molecule has 0 fully saturated rings. The fraction of sp³-hybridized carbons (Fsp3) is 0.188. The van der Waals surface area contributed by atoms with Gasteiger partial charge in [-0.15, -0.1) is 11.3 Å². The van der Waals surface area contributed by atoms with Crippen molar-refractivity contribution >= 4 is 44.7 Å². The van der Waals surface area contributed by atoms with E-state index in [2.05, 4.69) is 9.97 Å². The molecule has 4 rings (SSSR count). The fourth-order valence-corrected chi connectivity index (χ4v) is 3.84. The van der Waals surface area contributed by atoms with Gasteiger partial charge >= 0.3 is 0 Å². The van der Waals surface area contributed by atoms with Gasteiger partial charge in [-0.05, 0) is 24.3 Å². The molecule has 7 heteroatoms. The van der Waals surface area contributed by atoms with Gasteiger partial charge in [0, 0.05) is 47.7 Å². The van der Waals surface area contributed by atoms with Crippen LogP contribution in [0.15, 0.2) is 30.5 Å². The van der Waals surface area contributed by atoms with Gasteiger partial charge in [-0.25, -0.2) is 4.98 Å². The summed E-state index contributed by atoms with van der Waals surface area (Å²) in [6, 6.07) is 7.24. The maximum atomic E-state index is 12.8. The molecular weight excluding hydrogens is 332 g/mol. The highest BCUT2D eigenvalue weighted by atomic mass is 35.5. The Hall–Kier alpha value is -2.18. The first-order chi connectivity index (χ1) is 11.1. The van der Waals surface area contributed by atoms with E-state index >= 15 is 0 Å². The quantitative estimate of drug-likeness (QED) is 0.736. The second-order valence-electron chi connectivity index (χ2n) is 5.43. The number of nitrogen functional groups attached to an aromatic ring is 1. The number of benzene rings is 1. The van der Waals surface area contributed by atoms with E-state index in [1.165, 1.54) is 11.3 Å². The number of anilines is 1. The molecule has 23 heavy (non-hydrogen) atoms. The number of fused-ring (bicyclic) bond motifs is 2. The smallest absolute Gasteiger partial charge is 0.283 e. The SMILES string of the molecule is Nc1ccnc2c1CN(C(=O)c1nc3cc(Cl)ccc3s1)CC2. The van der Waals surface area contributed by atoms with E-state index in [1.54, 1.807) is 29.3 Å². The van der Waals surface area contributed by atoms with Crippen molar-refractivity contribution < 1.29 is 4.79 Å². The van der Waals surface area contributed by atoms with E-state index in [0.29, 0.717) is 35.2 Å². The predicted molar refractivity (Wildman–Crippen MR) is 91.7 cm³/mol. The van der Waals surface area contributed by atoms with E-state index in [0.717, 1.165) is 21.5 Å². The van der Waals surface area contributed by atoms with Crippen LogP contribution in [0.25, 0.3) is 10.2 Å². The standard InChI is InChI=1S/C16H13ClN4OS/c17-9-1-2-14-13(7-9)20-15(23-14)16(22)21-6-4-12-10(8-21)11(18)3-5-19-12/h1-3,5,7H,4,6,8H2,(H2,18,19). The maximum absolute atomic E-state index is 12.8. The van der Waals surface area contributed by atoms with Crippen LogP contribution in [0.3, 0.4) is 0 Å². The highest BCUT2D eigenvalue weighted by Crippen LogP contribution is 2.28. The summed E-state index contributed by atoms with van der Waals surface area (Å²) in [5.41, 5.74) is 9.37. The van der Waals surface area contributed by atoms with Crippen LogP contribution in [0.4, 0.5) is 5.69 Å². The third kappa shape index (κ3) is 2.54. The lowest BCUT2D eigenvalue weighted by molar-refractivity contribution is 0.0734. The number of amides is 1. The number of carbonyl (C=O) groups excluding carboxylic acids is 1. The van der Waals surface area contributed by atoms with Crippen LogP contribution in [0.2, 0.25) is 5.02 Å². The molecule has 0 bridgehead atoms. The van der Waals surface area contributed by atoms with Gasteiger partial charge in [0.15, 0.2) is 5.01 Å². The van der Waals surface area contributed by atoms with E-state index in [4.69, 9.17) is 17.3 Å². The van der Waals surface area contributed by atoms with Crippen LogP contribution in [0.1, 0.15) is 21.1 Å². The van der Waals surface area contributed by atoms with Crippen molar-refractivity contribution in [3.8, 4) is 0 Å². The predicted octanol–water partition coefficient (Wildman–Crippen LogP) is 3.13. The first-order valence-electron chi connectivity index (χ1n) is 7.19. The number of thiazole rings is 1. The molecule has 0 unspecified atom stereocenters. The maximum Gasteiger partial charge on any atom is 0.283 e. The number of pyridine rings is 1. The minimum absolute atomic E-state index is 0.0729. The summed E-state index contributed by atoms with van der Waals surface area (Å²) in [7, 11) is 0. The van der Waals surface area contributed by atoms with E-state index in [-0.39, 0.29) is 5.91 Å². The molecule has 0 saturated heterocycles. The lowest BCUT2D eigenvalue weighted by atomic mass is 10.0. The van der Waals surface area contributed by atoms with Gasteiger partial charge in [0.05, 0.1) is 10.2 Å². The molecule has 3 heterocycles. The third-order valence-electron chi connectivity index (χ3n) is 3.97. The molecule has 116 valence electrons. The molecule has 1 aliphatic rings. The Morgan fingerprint density at radius 2 is 2.22 bits per heavy atom. The molecule has 1 aliphatic heterocycles. The Balaban J connectivity index is 1.65. The Morgan fingerprint density at radius 1 is 1.35 bits per heavy atom. The summed E-state index contributed by atoms with van der Waals surface area (Å²) in [6.45, 7) is 1.10. The minimum Gasteiger partial charge on any atom is -0.398 e. The van der Waals surface area contributed by atoms with Crippen LogP contribution in [0, 0.1) is 0 Å². The Labute approximate surface area is 141 Å². The zero-order valence-electron chi connectivity index (χ0n) is 12.1. The molecule has 2 aromatic heterocycles. The van der Waals surface area contributed by atoms with Gasteiger partial charge in [-0.2, -0.15) is 0 Å². The second kappa shape index (κ2) is 5.47. The van der Waals surface area contributed by atoms with Gasteiger partial charge in [-0.3, -0.25) is 9.78 Å². The largest absolute Gasteiger partial charge is 0.398 e. The Morgan fingerprint density at radius 3 is 3.09 bits per heavy atom. The molecule has 0 radical (unpaired) electrons. The summed E-state index contributed by atoms with van der Waals surface area (Å²) in [5.74, 6) is -0.0729. The van der Waals surface area contributed by atoms with E-state index in [9.17, 15) is 4.79 Å². The lowest BCUT2D eigenvalue weighted by Crippen LogP contribution is -2.36.